The summed E-state index contributed by atoms with van der Waals surface area (Å²) < 4.78 is 1.53. The van der Waals surface area contributed by atoms with Crippen LogP contribution in [-0.2, 0) is 7.05 Å². The van der Waals surface area contributed by atoms with E-state index < -0.39 is 0 Å². The highest BCUT2D eigenvalue weighted by Crippen LogP contribution is 2.02. The molecule has 1 aromatic heterocycles. The number of hydrogen-bond donors (Lipinski definition) is 2. The molecule has 5 nitrogen and oxygen atoms in total. The van der Waals surface area contributed by atoms with Crippen molar-refractivity contribution in [3.8, 4) is 0 Å². The largest absolute Gasteiger partial charge is 0.384 e. The third kappa shape index (κ3) is 1.17. The van der Waals surface area contributed by atoms with Gasteiger partial charge in [-0.05, 0) is 0 Å². The summed E-state index contributed by atoms with van der Waals surface area (Å²) in [6, 6.07) is 0. The predicted molar refractivity (Wildman–Crippen MR) is 41.0 cm³/mol. The average molecular weight is 154 g/mol. The number of anilines is 1. The normalized spacial score (nSPS) is 9.64. The molecule has 11 heavy (non-hydrogen) atoms. The van der Waals surface area contributed by atoms with Gasteiger partial charge in [0.2, 0.25) is 0 Å². The monoisotopic (exact) mass is 154 g/mol. The van der Waals surface area contributed by atoms with Crippen molar-refractivity contribution in [2.45, 2.75) is 0 Å². The van der Waals surface area contributed by atoms with E-state index in [1.807, 2.05) is 0 Å². The Bertz CT molecular complexity index is 278. The minimum Gasteiger partial charge on any atom is -0.384 e. The molecule has 0 unspecified atom stereocenters. The van der Waals surface area contributed by atoms with Gasteiger partial charge < -0.3 is 15.6 Å². The smallest absolute Gasteiger partial charge is 0.287 e. The molecular formula is C6H10N4O. The van der Waals surface area contributed by atoms with Crippen molar-refractivity contribution in [1.29, 1.82) is 0 Å². The van der Waals surface area contributed by atoms with Crippen LogP contribution >= 0.6 is 0 Å². The average Bonchev–Trinajstić information content (AvgIpc) is 2.32. The van der Waals surface area contributed by atoms with Crippen LogP contribution in [0.5, 0.6) is 0 Å². The zero-order valence-electron chi connectivity index (χ0n) is 6.46. The quantitative estimate of drug-likeness (QED) is 0.565. The number of carbonyl (C=O) groups is 1. The van der Waals surface area contributed by atoms with Gasteiger partial charge >= 0.3 is 0 Å². The van der Waals surface area contributed by atoms with Gasteiger partial charge in [-0.15, -0.1) is 0 Å². The lowest BCUT2D eigenvalue weighted by molar-refractivity contribution is 0.0950. The summed E-state index contributed by atoms with van der Waals surface area (Å²) in [7, 11) is 3.24. The van der Waals surface area contributed by atoms with E-state index in [1.54, 1.807) is 14.1 Å². The molecule has 0 fully saturated rings. The van der Waals surface area contributed by atoms with Crippen LogP contribution in [0, 0.1) is 0 Å². The van der Waals surface area contributed by atoms with E-state index in [4.69, 9.17) is 5.73 Å². The molecule has 0 bridgehead atoms. The van der Waals surface area contributed by atoms with Gasteiger partial charge in [-0.1, -0.05) is 0 Å². The molecule has 1 aromatic rings. The summed E-state index contributed by atoms with van der Waals surface area (Å²) in [5.41, 5.74) is 5.45. The van der Waals surface area contributed by atoms with Crippen molar-refractivity contribution in [3.63, 3.8) is 0 Å². The van der Waals surface area contributed by atoms with Gasteiger partial charge in [0.05, 0.1) is 6.20 Å². The fourth-order valence-corrected chi connectivity index (χ4v) is 0.746. The maximum atomic E-state index is 11.0. The highest BCUT2D eigenvalue weighted by Gasteiger charge is 2.09. The Morgan fingerprint density at radius 3 is 2.82 bits per heavy atom. The number of carbonyl (C=O) groups excluding carboxylic acids is 1. The Kier molecular flexibility index (Phi) is 1.80. The van der Waals surface area contributed by atoms with Crippen LogP contribution in [0.3, 0.4) is 0 Å². The molecule has 1 amide bonds. The molecule has 1 rings (SSSR count). The van der Waals surface area contributed by atoms with Crippen LogP contribution in [0.1, 0.15) is 10.6 Å². The number of rotatable bonds is 1. The Labute approximate surface area is 64.2 Å². The van der Waals surface area contributed by atoms with Gasteiger partial charge in [-0.3, -0.25) is 4.79 Å². The number of amides is 1. The summed E-state index contributed by atoms with van der Waals surface area (Å²) >= 11 is 0. The fraction of sp³-hybridized carbons (Fsp3) is 0.333. The molecular weight excluding hydrogens is 144 g/mol. The van der Waals surface area contributed by atoms with Crippen LogP contribution in [0.4, 0.5) is 5.82 Å². The standard InChI is InChI=1S/C6H10N4O/c1-8-6(11)5-9-3-4(7)10(5)2/h3H,7H2,1-2H3,(H,8,11). The number of nitrogens with one attached hydrogen (secondary N) is 1. The lowest BCUT2D eigenvalue weighted by Gasteiger charge is -1.99. The zero-order chi connectivity index (χ0) is 8.43. The Morgan fingerprint density at radius 1 is 1.82 bits per heavy atom. The van der Waals surface area contributed by atoms with Crippen LogP contribution in [0.2, 0.25) is 0 Å². The summed E-state index contributed by atoms with van der Waals surface area (Å²) in [5, 5.41) is 2.46. The highest BCUT2D eigenvalue weighted by atomic mass is 16.2. The predicted octanol–water partition coefficient (Wildman–Crippen LogP) is -0.638. The van der Waals surface area contributed by atoms with Gasteiger partial charge in [-0.2, -0.15) is 0 Å². The molecule has 0 saturated heterocycles. The number of hydrogen-bond acceptors (Lipinski definition) is 3. The maximum absolute atomic E-state index is 11.0. The fourth-order valence-electron chi connectivity index (χ4n) is 0.746. The van der Waals surface area contributed by atoms with Crippen molar-refractivity contribution in [3.05, 3.63) is 12.0 Å². The zero-order valence-corrected chi connectivity index (χ0v) is 6.46. The first-order valence-corrected chi connectivity index (χ1v) is 3.16. The van der Waals surface area contributed by atoms with Crippen LogP contribution in [0.15, 0.2) is 6.20 Å². The first-order chi connectivity index (χ1) is 5.16. The third-order valence-corrected chi connectivity index (χ3v) is 1.45. The van der Waals surface area contributed by atoms with Crippen molar-refractivity contribution >= 4 is 11.7 Å². The number of imidazole rings is 1. The van der Waals surface area contributed by atoms with Gasteiger partial charge in [0.25, 0.3) is 5.91 Å². The number of aromatic nitrogens is 2. The van der Waals surface area contributed by atoms with Crippen molar-refractivity contribution in [2.75, 3.05) is 12.8 Å². The Morgan fingerprint density at radius 2 is 2.45 bits per heavy atom. The second-order valence-electron chi connectivity index (χ2n) is 2.14. The minimum atomic E-state index is -0.232. The topological polar surface area (TPSA) is 72.9 Å². The number of nitrogen functional groups attached to an aromatic ring is 1. The second-order valence-corrected chi connectivity index (χ2v) is 2.14. The second kappa shape index (κ2) is 2.61. The summed E-state index contributed by atoms with van der Waals surface area (Å²) in [6.45, 7) is 0. The van der Waals surface area contributed by atoms with E-state index in [9.17, 15) is 4.79 Å². The van der Waals surface area contributed by atoms with Crippen molar-refractivity contribution in [1.82, 2.24) is 14.9 Å². The molecule has 5 heteroatoms. The van der Waals surface area contributed by atoms with E-state index in [2.05, 4.69) is 10.3 Å². The van der Waals surface area contributed by atoms with E-state index in [1.165, 1.54) is 10.8 Å². The van der Waals surface area contributed by atoms with Crippen molar-refractivity contribution in [2.24, 2.45) is 7.05 Å². The van der Waals surface area contributed by atoms with Gasteiger partial charge in [0.15, 0.2) is 5.82 Å². The first-order valence-electron chi connectivity index (χ1n) is 3.16. The number of nitrogens with zero attached hydrogens (tertiary/aromatic N) is 2. The van der Waals surface area contributed by atoms with Gasteiger partial charge in [0, 0.05) is 14.1 Å². The van der Waals surface area contributed by atoms with Crippen molar-refractivity contribution < 1.29 is 4.79 Å². The molecule has 0 saturated carbocycles. The van der Waals surface area contributed by atoms with E-state index >= 15 is 0 Å². The molecule has 60 valence electrons. The molecule has 0 atom stereocenters. The summed E-state index contributed by atoms with van der Waals surface area (Å²) in [5.74, 6) is 0.567. The highest BCUT2D eigenvalue weighted by molar-refractivity contribution is 5.91. The minimum absolute atomic E-state index is 0.232. The lowest BCUT2D eigenvalue weighted by Crippen LogP contribution is -2.22. The summed E-state index contributed by atoms with van der Waals surface area (Å²) in [4.78, 5) is 14.8. The number of nitrogens with two attached hydrogens (primary N) is 1. The third-order valence-electron chi connectivity index (χ3n) is 1.45. The molecule has 0 aliphatic carbocycles. The van der Waals surface area contributed by atoms with E-state index in [0.29, 0.717) is 11.6 Å². The summed E-state index contributed by atoms with van der Waals surface area (Å²) in [6.07, 6.45) is 1.45. The first kappa shape index (κ1) is 7.59. The molecule has 0 aromatic carbocycles. The Hall–Kier alpha value is -1.52. The molecule has 1 heterocycles. The van der Waals surface area contributed by atoms with Crippen LogP contribution in [0.25, 0.3) is 0 Å². The Balaban J connectivity index is 3.04. The van der Waals surface area contributed by atoms with E-state index in [-0.39, 0.29) is 5.91 Å². The lowest BCUT2D eigenvalue weighted by atomic mass is 10.5. The molecule has 0 spiro atoms. The van der Waals surface area contributed by atoms with Crippen LogP contribution in [-0.4, -0.2) is 22.5 Å². The van der Waals surface area contributed by atoms with Crippen LogP contribution < -0.4 is 11.1 Å². The molecule has 0 aliphatic heterocycles. The van der Waals surface area contributed by atoms with Gasteiger partial charge in [0.1, 0.15) is 5.82 Å². The maximum Gasteiger partial charge on any atom is 0.287 e. The molecule has 0 aliphatic rings. The van der Waals surface area contributed by atoms with E-state index in [0.717, 1.165) is 0 Å². The SMILES string of the molecule is CNC(=O)c1ncc(N)n1C. The van der Waals surface area contributed by atoms with Gasteiger partial charge in [-0.25, -0.2) is 4.98 Å². The molecule has 3 N–H and O–H groups in total. The molecule has 0 radical (unpaired) electrons.